The highest BCUT2D eigenvalue weighted by molar-refractivity contribution is 6.30. The molecule has 1 amide bonds. The molecule has 1 aromatic heterocycles. The second-order valence-electron chi connectivity index (χ2n) is 6.23. The summed E-state index contributed by atoms with van der Waals surface area (Å²) in [5.74, 6) is -0.238. The molecule has 0 spiro atoms. The van der Waals surface area contributed by atoms with E-state index in [4.69, 9.17) is 11.6 Å². The summed E-state index contributed by atoms with van der Waals surface area (Å²) in [6, 6.07) is 11.3. The number of benzene rings is 1. The molecule has 1 aliphatic carbocycles. The zero-order valence-corrected chi connectivity index (χ0v) is 14.4. The minimum Gasteiger partial charge on any atom is -0.381 e. The fraction of sp³-hybridized carbons (Fsp3) is 0.368. The summed E-state index contributed by atoms with van der Waals surface area (Å²) in [6.07, 6.45) is 9.38. The van der Waals surface area contributed by atoms with Gasteiger partial charge in [0.2, 0.25) is 0 Å². The summed E-state index contributed by atoms with van der Waals surface area (Å²) in [4.78, 5) is 16.5. The molecule has 126 valence electrons. The van der Waals surface area contributed by atoms with Crippen molar-refractivity contribution in [2.45, 2.75) is 44.6 Å². The van der Waals surface area contributed by atoms with Crippen molar-refractivity contribution in [3.63, 3.8) is 0 Å². The van der Waals surface area contributed by atoms with Crippen molar-refractivity contribution in [3.05, 3.63) is 53.3 Å². The van der Waals surface area contributed by atoms with E-state index in [9.17, 15) is 4.79 Å². The van der Waals surface area contributed by atoms with E-state index in [-0.39, 0.29) is 5.91 Å². The van der Waals surface area contributed by atoms with E-state index in [0.717, 1.165) is 5.69 Å². The number of carbonyl (C=O) groups excluding carboxylic acids is 1. The number of aromatic nitrogens is 1. The van der Waals surface area contributed by atoms with Crippen molar-refractivity contribution in [2.75, 3.05) is 10.6 Å². The number of nitrogens with zero attached hydrogens (tertiary/aromatic N) is 1. The van der Waals surface area contributed by atoms with E-state index in [2.05, 4.69) is 15.6 Å². The number of rotatable bonds is 4. The summed E-state index contributed by atoms with van der Waals surface area (Å²) in [5.41, 5.74) is 2.03. The van der Waals surface area contributed by atoms with Gasteiger partial charge in [-0.3, -0.25) is 4.79 Å². The van der Waals surface area contributed by atoms with Crippen LogP contribution in [0.4, 0.5) is 11.4 Å². The van der Waals surface area contributed by atoms with Crippen molar-refractivity contribution in [3.8, 4) is 0 Å². The van der Waals surface area contributed by atoms with Gasteiger partial charge in [-0.2, -0.15) is 0 Å². The Kier molecular flexibility index (Phi) is 5.70. The molecule has 1 heterocycles. The lowest BCUT2D eigenvalue weighted by Gasteiger charge is -2.17. The monoisotopic (exact) mass is 343 g/mol. The average Bonchev–Trinajstić information content (AvgIpc) is 2.84. The number of halogens is 1. The van der Waals surface area contributed by atoms with Gasteiger partial charge in [0.1, 0.15) is 5.69 Å². The van der Waals surface area contributed by atoms with E-state index < -0.39 is 0 Å². The van der Waals surface area contributed by atoms with Crippen LogP contribution < -0.4 is 10.6 Å². The van der Waals surface area contributed by atoms with Gasteiger partial charge in [-0.15, -0.1) is 0 Å². The predicted molar refractivity (Wildman–Crippen MR) is 98.8 cm³/mol. The first-order valence-corrected chi connectivity index (χ1v) is 8.88. The fourth-order valence-corrected chi connectivity index (χ4v) is 3.22. The summed E-state index contributed by atoms with van der Waals surface area (Å²) < 4.78 is 0. The van der Waals surface area contributed by atoms with Crippen molar-refractivity contribution in [1.29, 1.82) is 0 Å². The van der Waals surface area contributed by atoms with Gasteiger partial charge in [-0.25, -0.2) is 4.98 Å². The number of hydrogen-bond acceptors (Lipinski definition) is 3. The van der Waals surface area contributed by atoms with Crippen LogP contribution in [-0.2, 0) is 0 Å². The minimum atomic E-state index is -0.238. The number of nitrogens with one attached hydrogen (secondary N) is 2. The van der Waals surface area contributed by atoms with Gasteiger partial charge in [0.25, 0.3) is 5.91 Å². The molecule has 5 heteroatoms. The predicted octanol–water partition coefficient (Wildman–Crippen LogP) is 5.12. The van der Waals surface area contributed by atoms with Crippen LogP contribution in [0.5, 0.6) is 0 Å². The number of pyridine rings is 1. The SMILES string of the molecule is O=C(Nc1cccc(Cl)c1)c1ccc(NC2CCCCCC2)cn1. The van der Waals surface area contributed by atoms with Gasteiger partial charge in [0.15, 0.2) is 0 Å². The van der Waals surface area contributed by atoms with Gasteiger partial charge < -0.3 is 10.6 Å². The Balaban J connectivity index is 1.60. The molecule has 3 rings (SSSR count). The zero-order valence-electron chi connectivity index (χ0n) is 13.6. The molecule has 1 saturated carbocycles. The lowest BCUT2D eigenvalue weighted by Crippen LogP contribution is -2.19. The molecule has 2 N–H and O–H groups in total. The van der Waals surface area contributed by atoms with E-state index in [1.165, 1.54) is 38.5 Å². The van der Waals surface area contributed by atoms with Crippen LogP contribution in [0.3, 0.4) is 0 Å². The van der Waals surface area contributed by atoms with Crippen LogP contribution >= 0.6 is 11.6 Å². The zero-order chi connectivity index (χ0) is 16.8. The molecular formula is C19H22ClN3O. The third-order valence-electron chi connectivity index (χ3n) is 4.30. The standard InChI is InChI=1S/C19H22ClN3O/c20-14-6-5-9-16(12-14)23-19(24)18-11-10-17(13-21-18)22-15-7-3-1-2-4-8-15/h5-6,9-13,15,22H,1-4,7-8H2,(H,23,24). The fourth-order valence-electron chi connectivity index (χ4n) is 3.03. The maximum atomic E-state index is 12.2. The van der Waals surface area contributed by atoms with Gasteiger partial charge in [0.05, 0.1) is 11.9 Å². The summed E-state index contributed by atoms with van der Waals surface area (Å²) in [7, 11) is 0. The van der Waals surface area contributed by atoms with Crippen molar-refractivity contribution >= 4 is 28.9 Å². The number of hydrogen-bond donors (Lipinski definition) is 2. The second-order valence-corrected chi connectivity index (χ2v) is 6.67. The summed E-state index contributed by atoms with van der Waals surface area (Å²) >= 11 is 5.92. The lowest BCUT2D eigenvalue weighted by atomic mass is 10.1. The molecular weight excluding hydrogens is 322 g/mol. The van der Waals surface area contributed by atoms with Crippen LogP contribution in [0.2, 0.25) is 5.02 Å². The quantitative estimate of drug-likeness (QED) is 0.757. The molecule has 1 aliphatic rings. The molecule has 0 saturated heterocycles. The van der Waals surface area contributed by atoms with Crippen LogP contribution in [0.1, 0.15) is 49.0 Å². The van der Waals surface area contributed by atoms with Gasteiger partial charge >= 0.3 is 0 Å². The summed E-state index contributed by atoms with van der Waals surface area (Å²) in [5, 5.41) is 6.92. The first kappa shape index (κ1) is 16.8. The Labute approximate surface area is 147 Å². The second kappa shape index (κ2) is 8.15. The van der Waals surface area contributed by atoms with Crippen LogP contribution in [-0.4, -0.2) is 16.9 Å². The van der Waals surface area contributed by atoms with Crippen molar-refractivity contribution in [1.82, 2.24) is 4.98 Å². The van der Waals surface area contributed by atoms with E-state index in [1.807, 2.05) is 6.07 Å². The Bertz CT molecular complexity index is 679. The van der Waals surface area contributed by atoms with Gasteiger partial charge in [-0.05, 0) is 43.2 Å². The molecule has 4 nitrogen and oxygen atoms in total. The molecule has 0 bridgehead atoms. The third-order valence-corrected chi connectivity index (χ3v) is 4.54. The maximum Gasteiger partial charge on any atom is 0.274 e. The smallest absolute Gasteiger partial charge is 0.274 e. The molecule has 1 aromatic carbocycles. The number of anilines is 2. The highest BCUT2D eigenvalue weighted by Crippen LogP contribution is 2.21. The first-order chi connectivity index (χ1) is 11.7. The number of amides is 1. The largest absolute Gasteiger partial charge is 0.381 e. The van der Waals surface area contributed by atoms with E-state index in [1.54, 1.807) is 36.5 Å². The Morgan fingerprint density at radius 1 is 1.04 bits per heavy atom. The molecule has 0 unspecified atom stereocenters. The minimum absolute atomic E-state index is 0.238. The van der Waals surface area contributed by atoms with E-state index >= 15 is 0 Å². The van der Waals surface area contributed by atoms with Crippen molar-refractivity contribution < 1.29 is 4.79 Å². The molecule has 0 atom stereocenters. The Morgan fingerprint density at radius 2 is 1.83 bits per heavy atom. The Hall–Kier alpha value is -2.07. The lowest BCUT2D eigenvalue weighted by molar-refractivity contribution is 0.102. The van der Waals surface area contributed by atoms with E-state index in [0.29, 0.717) is 22.4 Å². The highest BCUT2D eigenvalue weighted by Gasteiger charge is 2.13. The molecule has 0 aliphatic heterocycles. The Morgan fingerprint density at radius 3 is 2.50 bits per heavy atom. The normalized spacial score (nSPS) is 15.5. The topological polar surface area (TPSA) is 54.0 Å². The third kappa shape index (κ3) is 4.71. The van der Waals surface area contributed by atoms with Crippen LogP contribution in [0, 0.1) is 0 Å². The molecule has 2 aromatic rings. The average molecular weight is 344 g/mol. The maximum absolute atomic E-state index is 12.2. The highest BCUT2D eigenvalue weighted by atomic mass is 35.5. The van der Waals surface area contributed by atoms with Crippen LogP contribution in [0.25, 0.3) is 0 Å². The van der Waals surface area contributed by atoms with Gasteiger partial charge in [-0.1, -0.05) is 43.4 Å². The molecule has 1 fully saturated rings. The van der Waals surface area contributed by atoms with Gasteiger partial charge in [0, 0.05) is 16.8 Å². The first-order valence-electron chi connectivity index (χ1n) is 8.50. The number of carbonyl (C=O) groups is 1. The van der Waals surface area contributed by atoms with Crippen molar-refractivity contribution in [2.24, 2.45) is 0 Å². The molecule has 0 radical (unpaired) electrons. The summed E-state index contributed by atoms with van der Waals surface area (Å²) in [6.45, 7) is 0. The van der Waals surface area contributed by atoms with Crippen LogP contribution in [0.15, 0.2) is 42.6 Å². The molecule has 24 heavy (non-hydrogen) atoms.